The number of rotatable bonds is 3. The van der Waals surface area contributed by atoms with Gasteiger partial charge in [0.1, 0.15) is 0 Å². The summed E-state index contributed by atoms with van der Waals surface area (Å²) in [4.78, 5) is 0. The van der Waals surface area contributed by atoms with Crippen LogP contribution in [0.2, 0.25) is 0 Å². The molecule has 0 aliphatic heterocycles. The fraction of sp³-hybridized carbons (Fsp3) is 0.364. The number of hydrogen-bond donors (Lipinski definition) is 2. The predicted molar refractivity (Wildman–Crippen MR) is 55.7 cm³/mol. The van der Waals surface area contributed by atoms with Crippen LogP contribution >= 0.6 is 0 Å². The van der Waals surface area contributed by atoms with Gasteiger partial charge in [0.25, 0.3) is 0 Å². The Hall–Kier alpha value is -1.31. The molecule has 0 aromatic heterocycles. The average Bonchev–Trinajstić information content (AvgIpc) is 2.89. The topological polar surface area (TPSA) is 35.9 Å². The van der Waals surface area contributed by atoms with Crippen molar-refractivity contribution in [3.63, 3.8) is 0 Å². The highest BCUT2D eigenvalue weighted by Gasteiger charge is 2.21. The lowest BCUT2D eigenvalue weighted by atomic mass is 10.1. The van der Waals surface area contributed by atoms with Crippen LogP contribution < -0.4 is 5.32 Å². The summed E-state index contributed by atoms with van der Waals surface area (Å²) in [5.74, 6) is 0. The molecule has 13 heavy (non-hydrogen) atoms. The minimum Gasteiger partial charge on any atom is -0.382 e. The first-order chi connectivity index (χ1) is 6.29. The summed E-state index contributed by atoms with van der Waals surface area (Å²) < 4.78 is 0. The third-order valence-electron chi connectivity index (χ3n) is 2.30. The Labute approximate surface area is 78.5 Å². The summed E-state index contributed by atoms with van der Waals surface area (Å²) in [7, 11) is 0. The maximum atomic E-state index is 7.25. The first-order valence-corrected chi connectivity index (χ1v) is 4.67. The fourth-order valence-electron chi connectivity index (χ4n) is 1.37. The number of aryl methyl sites for hydroxylation is 1. The minimum atomic E-state index is 0.653. The van der Waals surface area contributed by atoms with Gasteiger partial charge in [0.15, 0.2) is 0 Å². The summed E-state index contributed by atoms with van der Waals surface area (Å²) in [5.41, 5.74) is 3.34. The molecular weight excluding hydrogens is 160 g/mol. The molecule has 0 bridgehead atoms. The minimum absolute atomic E-state index is 0.653. The smallest absolute Gasteiger partial charge is 0.0433 e. The van der Waals surface area contributed by atoms with Crippen LogP contribution in [0.3, 0.4) is 0 Å². The van der Waals surface area contributed by atoms with E-state index in [4.69, 9.17) is 5.41 Å². The van der Waals surface area contributed by atoms with Crippen molar-refractivity contribution in [3.05, 3.63) is 29.3 Å². The lowest BCUT2D eigenvalue weighted by Gasteiger charge is -2.08. The van der Waals surface area contributed by atoms with Crippen LogP contribution in [0.4, 0.5) is 5.69 Å². The molecule has 0 unspecified atom stereocenters. The van der Waals surface area contributed by atoms with Crippen molar-refractivity contribution in [2.75, 3.05) is 5.32 Å². The van der Waals surface area contributed by atoms with Gasteiger partial charge in [-0.15, -0.1) is 0 Å². The molecule has 0 amide bonds. The van der Waals surface area contributed by atoms with Gasteiger partial charge in [-0.25, -0.2) is 0 Å². The van der Waals surface area contributed by atoms with Gasteiger partial charge in [-0.2, -0.15) is 0 Å². The third-order valence-corrected chi connectivity index (χ3v) is 2.30. The molecule has 1 aliphatic carbocycles. The molecule has 2 heteroatoms. The van der Waals surface area contributed by atoms with Gasteiger partial charge in [-0.3, -0.25) is 0 Å². The molecule has 1 aromatic carbocycles. The van der Waals surface area contributed by atoms with Crippen LogP contribution in [0, 0.1) is 12.3 Å². The molecule has 68 valence electrons. The summed E-state index contributed by atoms with van der Waals surface area (Å²) in [6.45, 7) is 2.08. The van der Waals surface area contributed by atoms with Crippen LogP contribution in [0.15, 0.2) is 18.2 Å². The molecule has 1 saturated carbocycles. The van der Waals surface area contributed by atoms with Gasteiger partial charge in [-0.1, -0.05) is 12.1 Å². The van der Waals surface area contributed by atoms with Crippen LogP contribution in [0.1, 0.15) is 24.0 Å². The quantitative estimate of drug-likeness (QED) is 0.679. The zero-order valence-electron chi connectivity index (χ0n) is 7.80. The average molecular weight is 174 g/mol. The van der Waals surface area contributed by atoms with Crippen LogP contribution in [-0.4, -0.2) is 12.3 Å². The van der Waals surface area contributed by atoms with Gasteiger partial charge in [0, 0.05) is 23.5 Å². The molecule has 2 nitrogen and oxygen atoms in total. The molecule has 0 heterocycles. The summed E-state index contributed by atoms with van der Waals surface area (Å²) in [5, 5.41) is 10.7. The molecular formula is C11H14N2. The van der Waals surface area contributed by atoms with E-state index in [0.717, 1.165) is 11.3 Å². The van der Waals surface area contributed by atoms with E-state index < -0.39 is 0 Å². The second kappa shape index (κ2) is 3.21. The highest BCUT2D eigenvalue weighted by Crippen LogP contribution is 2.26. The highest BCUT2D eigenvalue weighted by atomic mass is 15.0. The van der Waals surface area contributed by atoms with Crippen molar-refractivity contribution in [1.82, 2.24) is 0 Å². The Morgan fingerprint density at radius 1 is 1.46 bits per heavy atom. The Kier molecular flexibility index (Phi) is 2.05. The van der Waals surface area contributed by atoms with Crippen molar-refractivity contribution in [2.24, 2.45) is 0 Å². The van der Waals surface area contributed by atoms with Crippen molar-refractivity contribution in [3.8, 4) is 0 Å². The monoisotopic (exact) mass is 174 g/mol. The zero-order chi connectivity index (χ0) is 9.26. The molecule has 2 N–H and O–H groups in total. The second-order valence-corrected chi connectivity index (χ2v) is 3.65. The Morgan fingerprint density at radius 2 is 2.23 bits per heavy atom. The molecule has 2 rings (SSSR count). The Bertz CT molecular complexity index is 327. The molecule has 0 atom stereocenters. The number of benzene rings is 1. The second-order valence-electron chi connectivity index (χ2n) is 3.65. The van der Waals surface area contributed by atoms with E-state index in [-0.39, 0.29) is 0 Å². The molecule has 1 fully saturated rings. The summed E-state index contributed by atoms with van der Waals surface area (Å²) in [6.07, 6.45) is 3.95. The predicted octanol–water partition coefficient (Wildman–Crippen LogP) is 2.57. The molecule has 0 radical (unpaired) electrons. The van der Waals surface area contributed by atoms with E-state index in [2.05, 4.69) is 18.3 Å². The lowest BCUT2D eigenvalue weighted by molar-refractivity contribution is 1.15. The van der Waals surface area contributed by atoms with Crippen molar-refractivity contribution >= 4 is 11.9 Å². The van der Waals surface area contributed by atoms with E-state index in [1.54, 1.807) is 0 Å². The normalized spacial score (nSPS) is 15.5. The van der Waals surface area contributed by atoms with Gasteiger partial charge in [0.05, 0.1) is 0 Å². The van der Waals surface area contributed by atoms with Crippen LogP contribution in [0.5, 0.6) is 0 Å². The summed E-state index contributed by atoms with van der Waals surface area (Å²) >= 11 is 0. The SMILES string of the molecule is Cc1ccc(C=N)c(NC2CC2)c1. The third kappa shape index (κ3) is 1.89. The Morgan fingerprint density at radius 3 is 2.85 bits per heavy atom. The van der Waals surface area contributed by atoms with E-state index in [0.29, 0.717) is 6.04 Å². The number of hydrogen-bond acceptors (Lipinski definition) is 2. The van der Waals surface area contributed by atoms with Crippen LogP contribution in [0.25, 0.3) is 0 Å². The molecule has 0 saturated heterocycles. The Balaban J connectivity index is 2.27. The largest absolute Gasteiger partial charge is 0.382 e. The van der Waals surface area contributed by atoms with Crippen molar-refractivity contribution < 1.29 is 0 Å². The molecule has 1 aromatic rings. The van der Waals surface area contributed by atoms with Crippen LogP contribution in [-0.2, 0) is 0 Å². The van der Waals surface area contributed by atoms with Crippen molar-refractivity contribution in [2.45, 2.75) is 25.8 Å². The first kappa shape index (κ1) is 8.30. The zero-order valence-corrected chi connectivity index (χ0v) is 7.80. The van der Waals surface area contributed by atoms with E-state index in [1.807, 2.05) is 12.1 Å². The van der Waals surface area contributed by atoms with E-state index >= 15 is 0 Å². The summed E-state index contributed by atoms with van der Waals surface area (Å²) in [6, 6.07) is 6.80. The maximum absolute atomic E-state index is 7.25. The van der Waals surface area contributed by atoms with E-state index in [1.165, 1.54) is 24.6 Å². The molecule has 0 spiro atoms. The maximum Gasteiger partial charge on any atom is 0.0433 e. The van der Waals surface area contributed by atoms with Gasteiger partial charge < -0.3 is 10.7 Å². The standard InChI is InChI=1S/C11H14N2/c1-8-2-3-9(7-12)11(6-8)13-10-4-5-10/h2-3,6-7,10,12-13H,4-5H2,1H3. The first-order valence-electron chi connectivity index (χ1n) is 4.67. The van der Waals surface area contributed by atoms with Crippen molar-refractivity contribution in [1.29, 1.82) is 5.41 Å². The van der Waals surface area contributed by atoms with Gasteiger partial charge in [-0.05, 0) is 31.4 Å². The van der Waals surface area contributed by atoms with E-state index in [9.17, 15) is 0 Å². The molecule has 1 aliphatic rings. The van der Waals surface area contributed by atoms with Gasteiger partial charge in [0.2, 0.25) is 0 Å². The number of nitrogens with one attached hydrogen (secondary N) is 2. The lowest BCUT2D eigenvalue weighted by Crippen LogP contribution is -2.03. The number of anilines is 1. The fourth-order valence-corrected chi connectivity index (χ4v) is 1.37. The van der Waals surface area contributed by atoms with Gasteiger partial charge >= 0.3 is 0 Å². The highest BCUT2D eigenvalue weighted by molar-refractivity contribution is 5.86.